The minimum atomic E-state index is -1.26. The maximum Gasteiger partial charge on any atom is 0.408 e. The summed E-state index contributed by atoms with van der Waals surface area (Å²) in [6.45, 7) is 8.39. The molecule has 1 aromatic carbocycles. The van der Waals surface area contributed by atoms with Gasteiger partial charge in [-0.3, -0.25) is 4.79 Å². The molecule has 0 aliphatic rings. The third kappa shape index (κ3) is 10.1. The lowest BCUT2D eigenvalue weighted by molar-refractivity contribution is -0.145. The Hall–Kier alpha value is -3.30. The summed E-state index contributed by atoms with van der Waals surface area (Å²) in [6.07, 6.45) is -1.06. The number of carboxylic acids is 1. The summed E-state index contributed by atoms with van der Waals surface area (Å²) < 4.78 is 20.4. The van der Waals surface area contributed by atoms with Gasteiger partial charge in [-0.2, -0.15) is 0 Å². The largest absolute Gasteiger partial charge is 0.482 e. The number of carbonyl (C=O) groups is 4. The monoisotopic (exact) mass is 453 g/mol. The Morgan fingerprint density at radius 1 is 1.03 bits per heavy atom. The third-order valence-electron chi connectivity index (χ3n) is 3.84. The van der Waals surface area contributed by atoms with Gasteiger partial charge in [0.05, 0.1) is 19.6 Å². The zero-order valence-electron chi connectivity index (χ0n) is 19.1. The van der Waals surface area contributed by atoms with Gasteiger partial charge in [0.1, 0.15) is 17.4 Å². The van der Waals surface area contributed by atoms with E-state index in [4.69, 9.17) is 18.9 Å². The minimum absolute atomic E-state index is 0.0669. The molecule has 0 fully saturated rings. The molecule has 1 unspecified atom stereocenters. The number of aliphatic carboxylic acids is 1. The molecule has 0 bridgehead atoms. The first-order chi connectivity index (χ1) is 14.9. The molecule has 1 amide bonds. The van der Waals surface area contributed by atoms with E-state index in [0.29, 0.717) is 11.1 Å². The second-order valence-electron chi connectivity index (χ2n) is 7.76. The van der Waals surface area contributed by atoms with Crippen molar-refractivity contribution >= 4 is 24.0 Å². The molecule has 0 aliphatic heterocycles. The summed E-state index contributed by atoms with van der Waals surface area (Å²) in [5, 5.41) is 11.8. The summed E-state index contributed by atoms with van der Waals surface area (Å²) in [7, 11) is 0. The van der Waals surface area contributed by atoms with Crippen molar-refractivity contribution in [1.82, 2.24) is 5.32 Å². The number of carbonyl (C=O) groups excluding carboxylic acids is 3. The molecular weight excluding hydrogens is 422 g/mol. The minimum Gasteiger partial charge on any atom is -0.482 e. The molecule has 1 atom stereocenters. The average molecular weight is 453 g/mol. The van der Waals surface area contributed by atoms with Crippen LogP contribution in [0, 0.1) is 0 Å². The molecule has 32 heavy (non-hydrogen) atoms. The summed E-state index contributed by atoms with van der Waals surface area (Å²) >= 11 is 0. The van der Waals surface area contributed by atoms with E-state index in [1.165, 1.54) is 6.07 Å². The first-order valence-electron chi connectivity index (χ1n) is 10.2. The Balaban J connectivity index is 3.04. The molecule has 0 saturated heterocycles. The van der Waals surface area contributed by atoms with E-state index >= 15 is 0 Å². The maximum absolute atomic E-state index is 12.0. The third-order valence-corrected chi connectivity index (χ3v) is 3.84. The molecule has 0 aliphatic carbocycles. The van der Waals surface area contributed by atoms with Crippen LogP contribution in [0.15, 0.2) is 18.2 Å². The van der Waals surface area contributed by atoms with Crippen LogP contribution in [-0.2, 0) is 41.4 Å². The zero-order valence-corrected chi connectivity index (χ0v) is 19.1. The lowest BCUT2D eigenvalue weighted by atomic mass is 10.0. The normalized spacial score (nSPS) is 11.8. The fraction of sp³-hybridized carbons (Fsp3) is 0.545. The quantitative estimate of drug-likeness (QED) is 0.382. The number of esters is 2. The molecule has 0 saturated carbocycles. The number of hydrogen-bond acceptors (Lipinski definition) is 8. The highest BCUT2D eigenvalue weighted by Gasteiger charge is 2.25. The van der Waals surface area contributed by atoms with E-state index in [1.807, 2.05) is 0 Å². The number of amides is 1. The Bertz CT molecular complexity index is 814. The van der Waals surface area contributed by atoms with Crippen molar-refractivity contribution in [1.29, 1.82) is 0 Å². The van der Waals surface area contributed by atoms with Crippen molar-refractivity contribution in [2.45, 2.75) is 59.1 Å². The SMILES string of the molecule is CCOC(=O)COc1ccc(CC(NC(=O)OC(C)(C)C)C(=O)O)cc1CC(=O)OCC. The second kappa shape index (κ2) is 12.5. The van der Waals surface area contributed by atoms with E-state index in [0.717, 1.165) is 0 Å². The molecule has 1 rings (SSSR count). The maximum atomic E-state index is 12.0. The van der Waals surface area contributed by atoms with Gasteiger partial charge in [-0.25, -0.2) is 14.4 Å². The summed E-state index contributed by atoms with van der Waals surface area (Å²) in [6, 6.07) is 3.42. The number of carboxylic acid groups (broad SMARTS) is 1. The van der Waals surface area contributed by atoms with Gasteiger partial charge in [0, 0.05) is 12.0 Å². The summed E-state index contributed by atoms with van der Waals surface area (Å²) in [5.41, 5.74) is 0.153. The predicted octanol–water partition coefficient (Wildman–Crippen LogP) is 2.25. The van der Waals surface area contributed by atoms with E-state index in [1.54, 1.807) is 46.8 Å². The fourth-order valence-corrected chi connectivity index (χ4v) is 2.63. The van der Waals surface area contributed by atoms with Crippen molar-refractivity contribution in [3.8, 4) is 5.75 Å². The van der Waals surface area contributed by atoms with Crippen LogP contribution in [0.5, 0.6) is 5.75 Å². The first-order valence-corrected chi connectivity index (χ1v) is 10.2. The van der Waals surface area contributed by atoms with Crippen LogP contribution >= 0.6 is 0 Å². The van der Waals surface area contributed by atoms with Gasteiger partial charge < -0.3 is 29.4 Å². The van der Waals surface area contributed by atoms with Gasteiger partial charge >= 0.3 is 24.0 Å². The van der Waals surface area contributed by atoms with Gasteiger partial charge in [-0.1, -0.05) is 12.1 Å². The Morgan fingerprint density at radius 2 is 1.66 bits per heavy atom. The zero-order chi connectivity index (χ0) is 24.3. The van der Waals surface area contributed by atoms with Gasteiger partial charge in [0.15, 0.2) is 6.61 Å². The summed E-state index contributed by atoms with van der Waals surface area (Å²) in [5.74, 6) is -2.05. The smallest absolute Gasteiger partial charge is 0.408 e. The fourth-order valence-electron chi connectivity index (χ4n) is 2.63. The molecule has 0 radical (unpaired) electrons. The van der Waals surface area contributed by atoms with Crippen LogP contribution in [0.4, 0.5) is 4.79 Å². The van der Waals surface area contributed by atoms with Crippen LogP contribution in [0.25, 0.3) is 0 Å². The van der Waals surface area contributed by atoms with Crippen molar-refractivity contribution in [3.63, 3.8) is 0 Å². The number of rotatable bonds is 11. The lowest BCUT2D eigenvalue weighted by Gasteiger charge is -2.22. The topological polar surface area (TPSA) is 137 Å². The van der Waals surface area contributed by atoms with E-state index in [9.17, 15) is 24.3 Å². The van der Waals surface area contributed by atoms with Crippen LogP contribution in [-0.4, -0.2) is 60.6 Å². The van der Waals surface area contributed by atoms with Crippen molar-refractivity contribution < 1.29 is 43.2 Å². The highest BCUT2D eigenvalue weighted by Crippen LogP contribution is 2.23. The van der Waals surface area contributed by atoms with Gasteiger partial charge in [0.25, 0.3) is 0 Å². The van der Waals surface area contributed by atoms with E-state index < -0.39 is 35.6 Å². The molecule has 0 heterocycles. The molecule has 0 spiro atoms. The average Bonchev–Trinajstić information content (AvgIpc) is 2.65. The van der Waals surface area contributed by atoms with Gasteiger partial charge in [-0.05, 0) is 46.2 Å². The van der Waals surface area contributed by atoms with Crippen molar-refractivity contribution in [3.05, 3.63) is 29.3 Å². The number of hydrogen-bond donors (Lipinski definition) is 2. The number of ether oxygens (including phenoxy) is 4. The highest BCUT2D eigenvalue weighted by atomic mass is 16.6. The molecule has 10 nitrogen and oxygen atoms in total. The van der Waals surface area contributed by atoms with E-state index in [-0.39, 0.29) is 38.4 Å². The number of alkyl carbamates (subject to hydrolysis) is 1. The molecule has 10 heteroatoms. The van der Waals surface area contributed by atoms with Crippen LogP contribution in [0.3, 0.4) is 0 Å². The lowest BCUT2D eigenvalue weighted by Crippen LogP contribution is -2.44. The Labute approximate surface area is 187 Å². The van der Waals surface area contributed by atoms with Crippen molar-refractivity contribution in [2.24, 2.45) is 0 Å². The van der Waals surface area contributed by atoms with Gasteiger partial charge in [-0.15, -0.1) is 0 Å². The summed E-state index contributed by atoms with van der Waals surface area (Å²) in [4.78, 5) is 47.2. The number of nitrogens with one attached hydrogen (secondary N) is 1. The van der Waals surface area contributed by atoms with Crippen LogP contribution in [0.2, 0.25) is 0 Å². The highest BCUT2D eigenvalue weighted by molar-refractivity contribution is 5.80. The first kappa shape index (κ1) is 26.7. The van der Waals surface area contributed by atoms with Gasteiger partial charge in [0.2, 0.25) is 0 Å². The standard InChI is InChI=1S/C22H31NO9/c1-6-29-18(24)12-15-10-14(8-9-17(15)31-13-19(25)30-7-2)11-16(20(26)27)23-21(28)32-22(3,4)5/h8-10,16H,6-7,11-13H2,1-5H3,(H,23,28)(H,26,27). The molecule has 178 valence electrons. The number of benzene rings is 1. The van der Waals surface area contributed by atoms with Crippen LogP contribution < -0.4 is 10.1 Å². The van der Waals surface area contributed by atoms with Crippen LogP contribution in [0.1, 0.15) is 45.7 Å². The predicted molar refractivity (Wildman–Crippen MR) is 113 cm³/mol. The molecule has 0 aromatic heterocycles. The van der Waals surface area contributed by atoms with Crippen molar-refractivity contribution in [2.75, 3.05) is 19.8 Å². The Kier molecular flexibility index (Phi) is 10.5. The Morgan fingerprint density at radius 3 is 2.22 bits per heavy atom. The van der Waals surface area contributed by atoms with E-state index in [2.05, 4.69) is 5.32 Å². The molecule has 2 N–H and O–H groups in total. The second-order valence-corrected chi connectivity index (χ2v) is 7.76. The molecule has 1 aromatic rings. The molecular formula is C22H31NO9.